The van der Waals surface area contributed by atoms with Gasteiger partial charge in [0.05, 0.1) is 11.5 Å². The number of amides is 1. The van der Waals surface area contributed by atoms with Crippen LogP contribution in [0.5, 0.6) is 5.88 Å². The first-order valence-corrected chi connectivity index (χ1v) is 9.28. The molecule has 0 radical (unpaired) electrons. The molecule has 0 fully saturated rings. The zero-order valence-electron chi connectivity index (χ0n) is 15.4. The molecule has 10 nitrogen and oxygen atoms in total. The summed E-state index contributed by atoms with van der Waals surface area (Å²) in [4.78, 5) is 30.6. The van der Waals surface area contributed by atoms with Gasteiger partial charge in [-0.2, -0.15) is 4.98 Å². The van der Waals surface area contributed by atoms with Crippen molar-refractivity contribution in [1.82, 2.24) is 15.3 Å². The number of furan rings is 1. The summed E-state index contributed by atoms with van der Waals surface area (Å²) in [6.07, 6.45) is 0. The quantitative estimate of drug-likeness (QED) is 0.250. The molecule has 0 aliphatic carbocycles. The number of nitrogens with one attached hydrogen (secondary N) is 2. The maximum atomic E-state index is 12.4. The molecule has 0 aliphatic rings. The Balaban J connectivity index is 1.65. The van der Waals surface area contributed by atoms with E-state index in [1.807, 2.05) is 0 Å². The molecule has 2 heterocycles. The van der Waals surface area contributed by atoms with E-state index in [4.69, 9.17) is 33.0 Å². The summed E-state index contributed by atoms with van der Waals surface area (Å²) in [7, 11) is 0. The summed E-state index contributed by atoms with van der Waals surface area (Å²) in [6.45, 7) is 2.19. The summed E-state index contributed by atoms with van der Waals surface area (Å²) in [5.74, 6) is 0.0749. The number of halogens is 1. The van der Waals surface area contributed by atoms with Gasteiger partial charge in [0.2, 0.25) is 11.8 Å². The Morgan fingerprint density at radius 2 is 2.00 bits per heavy atom. The van der Waals surface area contributed by atoms with Gasteiger partial charge in [0.1, 0.15) is 10.9 Å². The van der Waals surface area contributed by atoms with E-state index in [1.54, 1.807) is 13.0 Å². The van der Waals surface area contributed by atoms with Gasteiger partial charge in [-0.15, -0.1) is 0 Å². The fourth-order valence-electron chi connectivity index (χ4n) is 2.33. The first-order valence-electron chi connectivity index (χ1n) is 8.50. The molecule has 30 heavy (non-hydrogen) atoms. The van der Waals surface area contributed by atoms with Gasteiger partial charge in [0, 0.05) is 23.8 Å². The summed E-state index contributed by atoms with van der Waals surface area (Å²) < 4.78 is 10.8. The van der Waals surface area contributed by atoms with E-state index in [0.717, 1.165) is 0 Å². The standard InChI is InChI=1S/C18H14ClN5O5S/c1-2-28-15-9-14(19)20-17(21-15)23-18(30)22-16(25)13-8-7-12(29-13)10-3-5-11(6-4-10)24(26)27/h3-9H,2H2,1H3,(H2,20,21,22,23,25,30). The van der Waals surface area contributed by atoms with Crippen LogP contribution in [0.2, 0.25) is 5.15 Å². The molecular weight excluding hydrogens is 434 g/mol. The number of nitro benzene ring substituents is 1. The highest BCUT2D eigenvalue weighted by atomic mass is 35.5. The lowest BCUT2D eigenvalue weighted by molar-refractivity contribution is -0.384. The topological polar surface area (TPSA) is 132 Å². The van der Waals surface area contributed by atoms with Crippen LogP contribution in [0.15, 0.2) is 46.9 Å². The molecule has 3 aromatic rings. The lowest BCUT2D eigenvalue weighted by Gasteiger charge is -2.09. The first-order chi connectivity index (χ1) is 14.4. The van der Waals surface area contributed by atoms with Crippen LogP contribution in [-0.2, 0) is 0 Å². The molecule has 0 saturated heterocycles. The van der Waals surface area contributed by atoms with E-state index in [-0.39, 0.29) is 33.5 Å². The second kappa shape index (κ2) is 9.29. The number of carbonyl (C=O) groups is 1. The Labute approximate surface area is 180 Å². The number of nitrogens with zero attached hydrogens (tertiary/aromatic N) is 3. The van der Waals surface area contributed by atoms with E-state index in [1.165, 1.54) is 36.4 Å². The monoisotopic (exact) mass is 447 g/mol. The molecule has 1 aromatic carbocycles. The van der Waals surface area contributed by atoms with Gasteiger partial charge < -0.3 is 14.5 Å². The van der Waals surface area contributed by atoms with E-state index in [2.05, 4.69) is 20.6 Å². The van der Waals surface area contributed by atoms with Crippen molar-refractivity contribution >= 4 is 46.5 Å². The SMILES string of the molecule is CCOc1cc(Cl)nc(NC(=S)NC(=O)c2ccc(-c3ccc([N+](=O)[O-])cc3)o2)n1. The number of rotatable bonds is 6. The third-order valence-corrected chi connectivity index (χ3v) is 4.01. The van der Waals surface area contributed by atoms with Gasteiger partial charge in [-0.25, -0.2) is 4.98 Å². The van der Waals surface area contributed by atoms with Crippen molar-refractivity contribution in [3.63, 3.8) is 0 Å². The summed E-state index contributed by atoms with van der Waals surface area (Å²) in [5.41, 5.74) is 0.534. The third-order valence-electron chi connectivity index (χ3n) is 3.61. The fourth-order valence-corrected chi connectivity index (χ4v) is 2.69. The summed E-state index contributed by atoms with van der Waals surface area (Å²) in [5, 5.41) is 15.9. The number of carbonyl (C=O) groups excluding carboxylic acids is 1. The zero-order valence-corrected chi connectivity index (χ0v) is 17.0. The highest BCUT2D eigenvalue weighted by Gasteiger charge is 2.15. The predicted molar refractivity (Wildman–Crippen MR) is 113 cm³/mol. The number of ether oxygens (including phenoxy) is 1. The second-order valence-electron chi connectivity index (χ2n) is 5.66. The Hall–Kier alpha value is -3.57. The van der Waals surface area contributed by atoms with Crippen molar-refractivity contribution in [3.05, 3.63) is 63.5 Å². The molecule has 154 valence electrons. The van der Waals surface area contributed by atoms with Crippen molar-refractivity contribution in [2.24, 2.45) is 0 Å². The van der Waals surface area contributed by atoms with E-state index in [0.29, 0.717) is 17.9 Å². The van der Waals surface area contributed by atoms with E-state index >= 15 is 0 Å². The van der Waals surface area contributed by atoms with Crippen LogP contribution in [0, 0.1) is 10.1 Å². The molecule has 0 aliphatic heterocycles. The van der Waals surface area contributed by atoms with Crippen molar-refractivity contribution < 1.29 is 18.9 Å². The van der Waals surface area contributed by atoms with Crippen molar-refractivity contribution in [1.29, 1.82) is 0 Å². The molecule has 0 bridgehead atoms. The van der Waals surface area contributed by atoms with Crippen LogP contribution >= 0.6 is 23.8 Å². The lowest BCUT2D eigenvalue weighted by Crippen LogP contribution is -2.34. The number of hydrogen-bond acceptors (Lipinski definition) is 8. The largest absolute Gasteiger partial charge is 0.478 e. The highest BCUT2D eigenvalue weighted by Crippen LogP contribution is 2.24. The number of anilines is 1. The van der Waals surface area contributed by atoms with Crippen LogP contribution in [0.4, 0.5) is 11.6 Å². The smallest absolute Gasteiger partial charge is 0.293 e. The fraction of sp³-hybridized carbons (Fsp3) is 0.111. The van der Waals surface area contributed by atoms with E-state index < -0.39 is 10.8 Å². The normalized spacial score (nSPS) is 10.3. The maximum Gasteiger partial charge on any atom is 0.293 e. The Bertz CT molecular complexity index is 1100. The number of nitro groups is 1. The molecule has 12 heteroatoms. The minimum Gasteiger partial charge on any atom is -0.478 e. The average Bonchev–Trinajstić information content (AvgIpc) is 3.18. The van der Waals surface area contributed by atoms with Crippen molar-refractivity contribution in [3.8, 4) is 17.2 Å². The average molecular weight is 448 g/mol. The van der Waals surface area contributed by atoms with Gasteiger partial charge in [0.25, 0.3) is 11.6 Å². The highest BCUT2D eigenvalue weighted by molar-refractivity contribution is 7.80. The number of thiocarbonyl (C=S) groups is 1. The molecule has 0 spiro atoms. The Kier molecular flexibility index (Phi) is 6.54. The van der Waals surface area contributed by atoms with Gasteiger partial charge in [-0.1, -0.05) is 11.6 Å². The summed E-state index contributed by atoms with van der Waals surface area (Å²) in [6, 6.07) is 10.2. The molecule has 2 N–H and O–H groups in total. The van der Waals surface area contributed by atoms with Crippen LogP contribution in [0.3, 0.4) is 0 Å². The van der Waals surface area contributed by atoms with Gasteiger partial charge in [0.15, 0.2) is 10.9 Å². The predicted octanol–water partition coefficient (Wildman–Crippen LogP) is 3.82. The van der Waals surface area contributed by atoms with Gasteiger partial charge in [-0.05, 0) is 43.4 Å². The van der Waals surface area contributed by atoms with Crippen LogP contribution in [-0.4, -0.2) is 32.5 Å². The van der Waals surface area contributed by atoms with Gasteiger partial charge >= 0.3 is 0 Å². The molecule has 2 aromatic heterocycles. The second-order valence-corrected chi connectivity index (χ2v) is 6.46. The molecule has 0 saturated carbocycles. The van der Waals surface area contributed by atoms with E-state index in [9.17, 15) is 14.9 Å². The maximum absolute atomic E-state index is 12.4. The lowest BCUT2D eigenvalue weighted by atomic mass is 10.1. The molecule has 0 atom stereocenters. The number of aromatic nitrogens is 2. The minimum absolute atomic E-state index is 0.00507. The minimum atomic E-state index is -0.604. The van der Waals surface area contributed by atoms with Crippen molar-refractivity contribution in [2.45, 2.75) is 6.92 Å². The first kappa shape index (κ1) is 21.1. The number of benzene rings is 1. The molecule has 0 unspecified atom stereocenters. The van der Waals surface area contributed by atoms with Crippen molar-refractivity contribution in [2.75, 3.05) is 11.9 Å². The number of non-ortho nitro benzene ring substituents is 1. The van der Waals surface area contributed by atoms with Crippen LogP contribution in [0.25, 0.3) is 11.3 Å². The van der Waals surface area contributed by atoms with Crippen LogP contribution in [0.1, 0.15) is 17.5 Å². The third kappa shape index (κ3) is 5.27. The van der Waals surface area contributed by atoms with Gasteiger partial charge in [-0.3, -0.25) is 20.2 Å². The molecule has 1 amide bonds. The molecule has 3 rings (SSSR count). The zero-order chi connectivity index (χ0) is 21.7. The Morgan fingerprint density at radius 3 is 2.67 bits per heavy atom. The molecular formula is C18H14ClN5O5S. The summed E-state index contributed by atoms with van der Waals surface area (Å²) >= 11 is 11.0. The number of hydrogen-bond donors (Lipinski definition) is 2. The Morgan fingerprint density at radius 1 is 1.27 bits per heavy atom. The van der Waals surface area contributed by atoms with Crippen LogP contribution < -0.4 is 15.4 Å².